The largest absolute Gasteiger partial charge is 0.478 e. The molecule has 0 saturated carbocycles. The first-order chi connectivity index (χ1) is 26.2. The molecule has 8 rings (SSSR count). The van der Waals surface area contributed by atoms with Crippen molar-refractivity contribution in [1.29, 1.82) is 0 Å². The Balaban J connectivity index is 0.000000167. The van der Waals surface area contributed by atoms with Crippen LogP contribution in [-0.2, 0) is 17.8 Å². The number of aromatic carboxylic acids is 1. The smallest absolute Gasteiger partial charge is 0.338 e. The summed E-state index contributed by atoms with van der Waals surface area (Å²) in [6.45, 7) is 3.07. The zero-order valence-electron chi connectivity index (χ0n) is 29.2. The molecule has 2 aromatic heterocycles. The summed E-state index contributed by atoms with van der Waals surface area (Å²) in [5.41, 5.74) is 7.71. The maximum atomic E-state index is 13.5. The van der Waals surface area contributed by atoms with Gasteiger partial charge in [0.2, 0.25) is 0 Å². The summed E-state index contributed by atoms with van der Waals surface area (Å²) in [7, 11) is 0. The molecular formula is C44H34F2N4O4. The van der Waals surface area contributed by atoms with Gasteiger partial charge in [-0.3, -0.25) is 9.36 Å². The maximum Gasteiger partial charge on any atom is 0.338 e. The van der Waals surface area contributed by atoms with Crippen LogP contribution >= 0.6 is 0 Å². The van der Waals surface area contributed by atoms with E-state index in [0.29, 0.717) is 25.3 Å². The number of carbonyl (C=O) groups excluding carboxylic acids is 1. The highest BCUT2D eigenvalue weighted by Gasteiger charge is 2.13. The monoisotopic (exact) mass is 720 g/mol. The van der Waals surface area contributed by atoms with Crippen LogP contribution in [-0.4, -0.2) is 43.2 Å². The van der Waals surface area contributed by atoms with Crippen LogP contribution < -0.4 is 0 Å². The highest BCUT2D eigenvalue weighted by Crippen LogP contribution is 2.30. The third-order valence-corrected chi connectivity index (χ3v) is 8.77. The van der Waals surface area contributed by atoms with E-state index in [9.17, 15) is 23.5 Å². The van der Waals surface area contributed by atoms with E-state index in [1.807, 2.05) is 85.2 Å². The number of nitrogens with zero attached hydrogens (tertiary/aromatic N) is 4. The fourth-order valence-electron chi connectivity index (χ4n) is 6.34. The molecule has 0 saturated heterocycles. The van der Waals surface area contributed by atoms with Crippen molar-refractivity contribution in [3.05, 3.63) is 180 Å². The number of carboxylic acid groups (broad SMARTS) is 1. The highest BCUT2D eigenvalue weighted by atomic mass is 19.1. The number of hydrogen-bond donors (Lipinski definition) is 1. The molecule has 54 heavy (non-hydrogen) atoms. The Hall–Kier alpha value is -6.94. The average molecular weight is 721 g/mol. The van der Waals surface area contributed by atoms with Crippen LogP contribution in [0, 0.1) is 11.6 Å². The summed E-state index contributed by atoms with van der Waals surface area (Å²) < 4.78 is 35.5. The molecule has 6 aromatic carbocycles. The number of aromatic nitrogens is 4. The Morgan fingerprint density at radius 3 is 1.56 bits per heavy atom. The molecule has 8 nitrogen and oxygen atoms in total. The van der Waals surface area contributed by atoms with Crippen molar-refractivity contribution < 1.29 is 28.2 Å². The van der Waals surface area contributed by atoms with Crippen LogP contribution in [0.5, 0.6) is 0 Å². The molecule has 0 aliphatic rings. The van der Waals surface area contributed by atoms with E-state index in [-0.39, 0.29) is 23.2 Å². The van der Waals surface area contributed by atoms with Crippen molar-refractivity contribution in [3.8, 4) is 22.3 Å². The topological polar surface area (TPSA) is 99.2 Å². The molecule has 0 aliphatic heterocycles. The zero-order chi connectivity index (χ0) is 37.6. The standard InChI is InChI=1S/C23H19FN2O2.C21H15FN2O2/c1-2-28-23(27)18-8-4-7-17(13-18)20-10-5-11-22-21(20)15-26(25-22)14-16-6-3-9-19(24)12-16;22-17-7-1-4-14(10-17)12-24-13-19-18(8-3-9-20(19)23-24)15-5-2-6-16(11-15)21(25)26/h3-13,15H,2,14H2,1H3;1-11,13H,12H2,(H,25,26). The lowest BCUT2D eigenvalue weighted by Gasteiger charge is -2.06. The zero-order valence-corrected chi connectivity index (χ0v) is 29.2. The quantitative estimate of drug-likeness (QED) is 0.149. The molecule has 0 atom stereocenters. The Morgan fingerprint density at radius 1 is 0.611 bits per heavy atom. The summed E-state index contributed by atoms with van der Waals surface area (Å²) in [5.74, 6) is -1.82. The van der Waals surface area contributed by atoms with Crippen LogP contribution in [0.4, 0.5) is 8.78 Å². The molecule has 0 amide bonds. The molecule has 0 spiro atoms. The molecule has 2 heterocycles. The molecule has 10 heteroatoms. The van der Waals surface area contributed by atoms with E-state index in [1.165, 1.54) is 24.3 Å². The lowest BCUT2D eigenvalue weighted by molar-refractivity contribution is 0.0525. The molecule has 0 radical (unpaired) electrons. The number of fused-ring (bicyclic) bond motifs is 2. The van der Waals surface area contributed by atoms with Gasteiger partial charge in [0.1, 0.15) is 11.6 Å². The molecule has 0 fully saturated rings. The van der Waals surface area contributed by atoms with Gasteiger partial charge in [-0.15, -0.1) is 0 Å². The van der Waals surface area contributed by atoms with Gasteiger partial charge in [0, 0.05) is 23.2 Å². The minimum atomic E-state index is -0.958. The van der Waals surface area contributed by atoms with E-state index < -0.39 is 5.97 Å². The first-order valence-corrected chi connectivity index (χ1v) is 17.3. The molecule has 0 aliphatic carbocycles. The number of benzene rings is 6. The van der Waals surface area contributed by atoms with Crippen molar-refractivity contribution >= 4 is 33.7 Å². The number of carboxylic acids is 1. The number of carbonyl (C=O) groups is 2. The van der Waals surface area contributed by atoms with Gasteiger partial charge in [0.25, 0.3) is 0 Å². The Labute approximate surface area is 309 Å². The van der Waals surface area contributed by atoms with Crippen molar-refractivity contribution in [2.75, 3.05) is 6.61 Å². The molecule has 0 unspecified atom stereocenters. The number of halogens is 2. The van der Waals surface area contributed by atoms with Crippen LogP contribution in [0.25, 0.3) is 44.1 Å². The lowest BCUT2D eigenvalue weighted by atomic mass is 10.00. The van der Waals surface area contributed by atoms with Crippen molar-refractivity contribution in [2.24, 2.45) is 0 Å². The lowest BCUT2D eigenvalue weighted by Crippen LogP contribution is -2.04. The number of ether oxygens (including phenoxy) is 1. The van der Waals surface area contributed by atoms with Crippen molar-refractivity contribution in [3.63, 3.8) is 0 Å². The Morgan fingerprint density at radius 2 is 1.07 bits per heavy atom. The van der Waals surface area contributed by atoms with Gasteiger partial charge >= 0.3 is 11.9 Å². The summed E-state index contributed by atoms with van der Waals surface area (Å²) >= 11 is 0. The second kappa shape index (κ2) is 15.7. The van der Waals surface area contributed by atoms with Gasteiger partial charge in [-0.1, -0.05) is 72.8 Å². The third kappa shape index (κ3) is 8.08. The SMILES string of the molecule is CCOC(=O)c1cccc(-c2cccc3nn(Cc4cccc(F)c4)cc23)c1.O=C(O)c1cccc(-c2cccc3nn(Cc4cccc(F)c4)cc23)c1. The van der Waals surface area contributed by atoms with E-state index in [2.05, 4.69) is 10.2 Å². The van der Waals surface area contributed by atoms with E-state index in [0.717, 1.165) is 55.2 Å². The minimum Gasteiger partial charge on any atom is -0.478 e. The van der Waals surface area contributed by atoms with Gasteiger partial charge in [-0.25, -0.2) is 18.4 Å². The second-order valence-electron chi connectivity index (χ2n) is 12.6. The molecule has 0 bridgehead atoms. The number of esters is 1. The maximum absolute atomic E-state index is 13.5. The molecular weight excluding hydrogens is 687 g/mol. The normalized spacial score (nSPS) is 10.9. The second-order valence-corrected chi connectivity index (χ2v) is 12.6. The predicted molar refractivity (Wildman–Crippen MR) is 204 cm³/mol. The van der Waals surface area contributed by atoms with Crippen molar-refractivity contribution in [1.82, 2.24) is 19.6 Å². The van der Waals surface area contributed by atoms with Gasteiger partial charge < -0.3 is 9.84 Å². The number of rotatable bonds is 9. The summed E-state index contributed by atoms with van der Waals surface area (Å²) in [4.78, 5) is 23.3. The first-order valence-electron chi connectivity index (χ1n) is 17.3. The fraction of sp³-hybridized carbons (Fsp3) is 0.0909. The van der Waals surface area contributed by atoms with Crippen LogP contribution in [0.15, 0.2) is 146 Å². The van der Waals surface area contributed by atoms with Crippen LogP contribution in [0.3, 0.4) is 0 Å². The predicted octanol–water partition coefficient (Wildman–Crippen LogP) is 9.66. The van der Waals surface area contributed by atoms with Gasteiger partial charge in [-0.2, -0.15) is 10.2 Å². The van der Waals surface area contributed by atoms with Gasteiger partial charge in [0.15, 0.2) is 0 Å². The number of hydrogen-bond acceptors (Lipinski definition) is 5. The molecule has 1 N–H and O–H groups in total. The first kappa shape index (κ1) is 35.5. The summed E-state index contributed by atoms with van der Waals surface area (Å²) in [6.07, 6.45) is 3.86. The summed E-state index contributed by atoms with van der Waals surface area (Å²) in [6, 6.07) is 38.8. The van der Waals surface area contributed by atoms with E-state index in [4.69, 9.17) is 4.74 Å². The van der Waals surface area contributed by atoms with E-state index in [1.54, 1.807) is 52.7 Å². The average Bonchev–Trinajstić information content (AvgIpc) is 3.78. The summed E-state index contributed by atoms with van der Waals surface area (Å²) in [5, 5.41) is 20.3. The van der Waals surface area contributed by atoms with E-state index >= 15 is 0 Å². The highest BCUT2D eigenvalue weighted by molar-refractivity contribution is 5.98. The Bertz CT molecular complexity index is 2630. The molecule has 8 aromatic rings. The fourth-order valence-corrected chi connectivity index (χ4v) is 6.34. The van der Waals surface area contributed by atoms with Gasteiger partial charge in [0.05, 0.1) is 41.9 Å². The minimum absolute atomic E-state index is 0.242. The Kier molecular flexibility index (Phi) is 10.3. The molecule has 268 valence electrons. The van der Waals surface area contributed by atoms with Gasteiger partial charge in [-0.05, 0) is 101 Å². The van der Waals surface area contributed by atoms with Crippen LogP contribution in [0.2, 0.25) is 0 Å². The van der Waals surface area contributed by atoms with Crippen LogP contribution in [0.1, 0.15) is 38.8 Å². The van der Waals surface area contributed by atoms with Crippen molar-refractivity contribution in [2.45, 2.75) is 20.0 Å². The third-order valence-electron chi connectivity index (χ3n) is 8.77.